The van der Waals surface area contributed by atoms with E-state index in [4.69, 9.17) is 16.3 Å². The molecule has 1 amide bonds. The lowest BCUT2D eigenvalue weighted by molar-refractivity contribution is 0.0955. The van der Waals surface area contributed by atoms with E-state index in [1.165, 1.54) is 17.6 Å². The summed E-state index contributed by atoms with van der Waals surface area (Å²) in [7, 11) is -2.40. The van der Waals surface area contributed by atoms with Crippen molar-refractivity contribution >= 4 is 33.2 Å². The molecule has 0 unspecified atom stereocenters. The molecule has 3 rings (SSSR count). The number of carbonyl (C=O) groups is 1. The average Bonchev–Trinajstić information content (AvgIpc) is 2.82. The number of halogens is 1. The van der Waals surface area contributed by atoms with Gasteiger partial charge in [0.15, 0.2) is 0 Å². The van der Waals surface area contributed by atoms with Gasteiger partial charge in [-0.25, -0.2) is 13.4 Å². The van der Waals surface area contributed by atoms with E-state index in [9.17, 15) is 13.2 Å². The lowest BCUT2D eigenvalue weighted by Crippen LogP contribution is -2.39. The van der Waals surface area contributed by atoms with Gasteiger partial charge >= 0.3 is 0 Å². The van der Waals surface area contributed by atoms with E-state index in [1.54, 1.807) is 55.5 Å². The number of sulfonamides is 1. The van der Waals surface area contributed by atoms with Gasteiger partial charge in [-0.2, -0.15) is 0 Å². The number of hydrogen-bond acceptors (Lipinski definition) is 5. The zero-order valence-corrected chi connectivity index (χ0v) is 20.1. The fourth-order valence-electron chi connectivity index (χ4n) is 3.30. The zero-order valence-electron chi connectivity index (χ0n) is 18.5. The molecule has 174 valence electrons. The molecule has 1 heterocycles. The van der Waals surface area contributed by atoms with Crippen LogP contribution in [0.15, 0.2) is 71.8 Å². The number of nitrogens with one attached hydrogen (secondary N) is 1. The minimum Gasteiger partial charge on any atom is -0.481 e. The van der Waals surface area contributed by atoms with Gasteiger partial charge in [-0.1, -0.05) is 30.3 Å². The van der Waals surface area contributed by atoms with Crippen LogP contribution in [0, 0.1) is 6.92 Å². The molecule has 3 aromatic rings. The molecular weight excluding hydrogens is 462 g/mol. The number of amides is 1. The molecule has 7 nitrogen and oxygen atoms in total. The van der Waals surface area contributed by atoms with Crippen LogP contribution in [0.3, 0.4) is 0 Å². The quantitative estimate of drug-likeness (QED) is 0.439. The fraction of sp³-hybridized carbons (Fsp3) is 0.250. The predicted molar refractivity (Wildman–Crippen MR) is 130 cm³/mol. The lowest BCUT2D eigenvalue weighted by Gasteiger charge is -2.25. The molecule has 2 aromatic carbocycles. The number of alkyl halides is 1. The third kappa shape index (κ3) is 6.03. The first-order chi connectivity index (χ1) is 15.9. The number of aryl methyl sites for hydroxylation is 2. The molecule has 0 aliphatic rings. The number of pyridine rings is 1. The number of benzene rings is 2. The minimum absolute atomic E-state index is 0.0285. The smallest absolute Gasteiger partial charge is 0.264 e. The molecule has 1 N–H and O–H groups in total. The van der Waals surface area contributed by atoms with Crippen molar-refractivity contribution in [2.75, 3.05) is 30.4 Å². The monoisotopic (exact) mass is 487 g/mol. The molecule has 0 saturated carbocycles. The lowest BCUT2D eigenvalue weighted by atomic mass is 10.1. The van der Waals surface area contributed by atoms with Crippen molar-refractivity contribution in [1.82, 2.24) is 10.3 Å². The van der Waals surface area contributed by atoms with E-state index in [1.807, 2.05) is 12.1 Å². The molecule has 33 heavy (non-hydrogen) atoms. The Morgan fingerprint density at radius 3 is 2.42 bits per heavy atom. The maximum atomic E-state index is 13.5. The van der Waals surface area contributed by atoms with E-state index in [2.05, 4.69) is 10.3 Å². The number of ether oxygens (including phenoxy) is 1. The zero-order chi connectivity index (χ0) is 23.8. The van der Waals surface area contributed by atoms with Crippen molar-refractivity contribution in [2.24, 2.45) is 0 Å². The van der Waals surface area contributed by atoms with Gasteiger partial charge in [0.1, 0.15) is 0 Å². The van der Waals surface area contributed by atoms with Gasteiger partial charge in [-0.15, -0.1) is 11.6 Å². The summed E-state index contributed by atoms with van der Waals surface area (Å²) in [6.45, 7) is 1.88. The van der Waals surface area contributed by atoms with Crippen LogP contribution in [0.5, 0.6) is 5.88 Å². The Labute approximate surface area is 199 Å². The summed E-state index contributed by atoms with van der Waals surface area (Å²) in [5.41, 5.74) is 2.54. The van der Waals surface area contributed by atoms with E-state index in [-0.39, 0.29) is 23.9 Å². The Morgan fingerprint density at radius 1 is 1.09 bits per heavy atom. The first kappa shape index (κ1) is 24.5. The maximum absolute atomic E-state index is 13.5. The number of methoxy groups -OCH3 is 1. The molecule has 0 spiro atoms. The highest BCUT2D eigenvalue weighted by molar-refractivity contribution is 7.92. The summed E-state index contributed by atoms with van der Waals surface area (Å²) < 4.78 is 33.3. The Bertz CT molecular complexity index is 1180. The molecule has 0 saturated heterocycles. The second kappa shape index (κ2) is 11.2. The molecule has 0 bridgehead atoms. The van der Waals surface area contributed by atoms with Crippen molar-refractivity contribution in [2.45, 2.75) is 18.2 Å². The Hall–Kier alpha value is -3.10. The third-order valence-corrected chi connectivity index (χ3v) is 7.26. The van der Waals surface area contributed by atoms with Gasteiger partial charge in [0, 0.05) is 24.1 Å². The molecule has 0 atom stereocenters. The minimum atomic E-state index is -3.89. The van der Waals surface area contributed by atoms with Gasteiger partial charge in [0.25, 0.3) is 15.9 Å². The molecule has 1 aromatic heterocycles. The summed E-state index contributed by atoms with van der Waals surface area (Å²) in [4.78, 5) is 16.9. The van der Waals surface area contributed by atoms with Crippen molar-refractivity contribution in [3.63, 3.8) is 0 Å². The van der Waals surface area contributed by atoms with Crippen molar-refractivity contribution in [3.8, 4) is 5.88 Å². The number of aromatic nitrogens is 1. The number of carbonyl (C=O) groups excluding carboxylic acids is 1. The highest BCUT2D eigenvalue weighted by atomic mass is 35.5. The number of nitrogens with zero attached hydrogens (tertiary/aromatic N) is 2. The van der Waals surface area contributed by atoms with Crippen LogP contribution in [0.1, 0.15) is 21.5 Å². The maximum Gasteiger partial charge on any atom is 0.264 e. The number of anilines is 1. The third-order valence-electron chi connectivity index (χ3n) is 5.08. The molecule has 0 aliphatic carbocycles. The second-order valence-electron chi connectivity index (χ2n) is 7.29. The fourth-order valence-corrected chi connectivity index (χ4v) is 5.20. The normalized spacial score (nSPS) is 11.1. The van der Waals surface area contributed by atoms with Crippen LogP contribution >= 0.6 is 11.6 Å². The Morgan fingerprint density at radius 2 is 1.82 bits per heavy atom. The van der Waals surface area contributed by atoms with E-state index in [0.717, 1.165) is 12.0 Å². The molecule has 0 fully saturated rings. The molecule has 0 radical (unpaired) electrons. The number of hydrogen-bond donors (Lipinski definition) is 1. The Balaban J connectivity index is 1.79. The van der Waals surface area contributed by atoms with Crippen LogP contribution in [-0.2, 0) is 16.4 Å². The highest BCUT2D eigenvalue weighted by Crippen LogP contribution is 2.26. The standard InChI is InChI=1S/C24H26ClN3O4S/c1-18-5-3-4-6-22(18)33(30,31)28(21-11-12-23(32-2)27-17-21)16-15-26-24(29)20-9-7-19(8-10-20)13-14-25/h3-12,17H,13-16H2,1-2H3,(H,26,29). The van der Waals surface area contributed by atoms with E-state index in [0.29, 0.717) is 28.6 Å². The van der Waals surface area contributed by atoms with E-state index >= 15 is 0 Å². The van der Waals surface area contributed by atoms with Crippen molar-refractivity contribution < 1.29 is 17.9 Å². The molecule has 0 aliphatic heterocycles. The first-order valence-corrected chi connectivity index (χ1v) is 12.4. The van der Waals surface area contributed by atoms with Crippen LogP contribution in [0.2, 0.25) is 0 Å². The largest absolute Gasteiger partial charge is 0.481 e. The van der Waals surface area contributed by atoms with Crippen LogP contribution in [0.4, 0.5) is 5.69 Å². The summed E-state index contributed by atoms with van der Waals surface area (Å²) >= 11 is 5.75. The van der Waals surface area contributed by atoms with Gasteiger partial charge < -0.3 is 10.1 Å². The van der Waals surface area contributed by atoms with Crippen LogP contribution < -0.4 is 14.4 Å². The summed E-state index contributed by atoms with van der Waals surface area (Å²) in [5, 5.41) is 2.80. The SMILES string of the molecule is COc1ccc(N(CCNC(=O)c2ccc(CCCl)cc2)S(=O)(=O)c2ccccc2C)cn1. The Kier molecular flexibility index (Phi) is 8.30. The molecular formula is C24H26ClN3O4S. The predicted octanol–water partition coefficient (Wildman–Crippen LogP) is 3.81. The van der Waals surface area contributed by atoms with Crippen molar-refractivity contribution in [1.29, 1.82) is 0 Å². The van der Waals surface area contributed by atoms with Gasteiger partial charge in [-0.3, -0.25) is 9.10 Å². The topological polar surface area (TPSA) is 88.6 Å². The summed E-state index contributed by atoms with van der Waals surface area (Å²) in [5.74, 6) is 0.600. The van der Waals surface area contributed by atoms with Gasteiger partial charge in [-0.05, 0) is 48.7 Å². The van der Waals surface area contributed by atoms with Crippen molar-refractivity contribution in [3.05, 3.63) is 83.6 Å². The average molecular weight is 488 g/mol. The first-order valence-electron chi connectivity index (χ1n) is 10.4. The summed E-state index contributed by atoms with van der Waals surface area (Å²) in [6, 6.07) is 17.2. The van der Waals surface area contributed by atoms with Gasteiger partial charge in [0.05, 0.1) is 30.4 Å². The number of rotatable bonds is 10. The van der Waals surface area contributed by atoms with Crippen LogP contribution in [-0.4, -0.2) is 45.4 Å². The highest BCUT2D eigenvalue weighted by Gasteiger charge is 2.26. The van der Waals surface area contributed by atoms with Gasteiger partial charge in [0.2, 0.25) is 5.88 Å². The van der Waals surface area contributed by atoms with Crippen LogP contribution in [0.25, 0.3) is 0 Å². The second-order valence-corrected chi connectivity index (χ2v) is 9.50. The molecule has 9 heteroatoms. The summed E-state index contributed by atoms with van der Waals surface area (Å²) in [6.07, 6.45) is 2.16. The van der Waals surface area contributed by atoms with E-state index < -0.39 is 10.0 Å².